The number of hydrogen-bond donors (Lipinski definition) is 1. The lowest BCUT2D eigenvalue weighted by molar-refractivity contribution is -0.131. The normalized spacial score (nSPS) is 21.0. The molecule has 0 saturated carbocycles. The topological polar surface area (TPSA) is 52.7 Å². The summed E-state index contributed by atoms with van der Waals surface area (Å²) in [4.78, 5) is 27.8. The third kappa shape index (κ3) is 4.38. The van der Waals surface area contributed by atoms with Gasteiger partial charge in [0.05, 0.1) is 6.04 Å². The van der Waals surface area contributed by atoms with Crippen molar-refractivity contribution in [2.24, 2.45) is 5.92 Å². The Bertz CT molecular complexity index is 416. The van der Waals surface area contributed by atoms with Gasteiger partial charge in [-0.3, -0.25) is 4.79 Å². The van der Waals surface area contributed by atoms with Crippen LogP contribution in [0.3, 0.4) is 0 Å². The fraction of sp³-hybridized carbons (Fsp3) is 0.750. The second kappa shape index (κ2) is 7.35. The van der Waals surface area contributed by atoms with E-state index in [4.69, 9.17) is 6.42 Å². The van der Waals surface area contributed by atoms with Gasteiger partial charge in [0.1, 0.15) is 0 Å². The highest BCUT2D eigenvalue weighted by molar-refractivity contribution is 5.77. The van der Waals surface area contributed by atoms with Crippen molar-refractivity contribution in [1.29, 1.82) is 0 Å². The maximum absolute atomic E-state index is 12.1. The van der Waals surface area contributed by atoms with Crippen LogP contribution in [-0.4, -0.2) is 54.0 Å². The van der Waals surface area contributed by atoms with Gasteiger partial charge in [-0.2, -0.15) is 0 Å². The van der Waals surface area contributed by atoms with E-state index in [2.05, 4.69) is 11.2 Å². The number of amides is 3. The highest BCUT2D eigenvalue weighted by Crippen LogP contribution is 2.22. The zero-order valence-corrected chi connectivity index (χ0v) is 12.8. The molecule has 21 heavy (non-hydrogen) atoms. The molecule has 2 heterocycles. The monoisotopic (exact) mass is 291 g/mol. The van der Waals surface area contributed by atoms with Crippen molar-refractivity contribution in [3.63, 3.8) is 0 Å². The van der Waals surface area contributed by atoms with Gasteiger partial charge >= 0.3 is 6.03 Å². The lowest BCUT2D eigenvalue weighted by atomic mass is 9.93. The Kier molecular flexibility index (Phi) is 5.49. The van der Waals surface area contributed by atoms with Crippen molar-refractivity contribution in [1.82, 2.24) is 15.1 Å². The molecule has 0 radical (unpaired) electrons. The third-order valence-corrected chi connectivity index (χ3v) is 4.41. The first kappa shape index (κ1) is 15.7. The van der Waals surface area contributed by atoms with E-state index < -0.39 is 0 Å². The molecule has 1 N–H and O–H groups in total. The fourth-order valence-corrected chi connectivity index (χ4v) is 3.00. The van der Waals surface area contributed by atoms with Crippen LogP contribution in [0.4, 0.5) is 4.79 Å². The van der Waals surface area contributed by atoms with Crippen LogP contribution in [0.25, 0.3) is 0 Å². The highest BCUT2D eigenvalue weighted by atomic mass is 16.2. The van der Waals surface area contributed by atoms with E-state index in [-0.39, 0.29) is 18.0 Å². The summed E-state index contributed by atoms with van der Waals surface area (Å²) in [5.41, 5.74) is 0. The van der Waals surface area contributed by atoms with Crippen LogP contribution in [0.5, 0.6) is 0 Å². The SMILES string of the molecule is C#C[C@@H](C)NC(=O)N1CCC(CC(=O)N2CCCC2)CC1. The molecule has 5 nitrogen and oxygen atoms in total. The zero-order valence-electron chi connectivity index (χ0n) is 12.8. The molecule has 0 aromatic heterocycles. The van der Waals surface area contributed by atoms with Gasteiger partial charge in [0.2, 0.25) is 5.91 Å². The molecule has 0 aromatic carbocycles. The molecule has 2 aliphatic rings. The van der Waals surface area contributed by atoms with Gasteiger partial charge in [0.15, 0.2) is 0 Å². The van der Waals surface area contributed by atoms with Crippen molar-refractivity contribution < 1.29 is 9.59 Å². The Balaban J connectivity index is 1.71. The van der Waals surface area contributed by atoms with Crippen molar-refractivity contribution in [2.75, 3.05) is 26.2 Å². The van der Waals surface area contributed by atoms with Crippen LogP contribution in [0.15, 0.2) is 0 Å². The molecule has 2 aliphatic heterocycles. The van der Waals surface area contributed by atoms with E-state index in [0.717, 1.165) is 38.8 Å². The Morgan fingerprint density at radius 3 is 2.38 bits per heavy atom. The van der Waals surface area contributed by atoms with Crippen molar-refractivity contribution >= 4 is 11.9 Å². The fourth-order valence-electron chi connectivity index (χ4n) is 3.00. The number of nitrogens with one attached hydrogen (secondary N) is 1. The Hall–Kier alpha value is -1.70. The molecule has 0 spiro atoms. The quantitative estimate of drug-likeness (QED) is 0.800. The van der Waals surface area contributed by atoms with E-state index >= 15 is 0 Å². The first-order valence-electron chi connectivity index (χ1n) is 7.89. The number of urea groups is 1. The summed E-state index contributed by atoms with van der Waals surface area (Å²) >= 11 is 0. The molecular weight excluding hydrogens is 266 g/mol. The molecule has 1 atom stereocenters. The molecule has 116 valence electrons. The Morgan fingerprint density at radius 2 is 1.81 bits per heavy atom. The van der Waals surface area contributed by atoms with E-state index in [1.54, 1.807) is 11.8 Å². The molecule has 5 heteroatoms. The van der Waals surface area contributed by atoms with Crippen molar-refractivity contribution in [3.05, 3.63) is 0 Å². The molecule has 0 unspecified atom stereocenters. The Labute approximate surface area is 127 Å². The highest BCUT2D eigenvalue weighted by Gasteiger charge is 2.27. The minimum Gasteiger partial charge on any atom is -0.343 e. The van der Waals surface area contributed by atoms with Gasteiger partial charge in [-0.05, 0) is 38.5 Å². The first-order chi connectivity index (χ1) is 10.1. The van der Waals surface area contributed by atoms with E-state index in [1.165, 1.54) is 0 Å². The van der Waals surface area contributed by atoms with Crippen LogP contribution in [0.1, 0.15) is 39.0 Å². The minimum atomic E-state index is -0.244. The van der Waals surface area contributed by atoms with Gasteiger partial charge in [-0.25, -0.2) is 4.79 Å². The second-order valence-electron chi connectivity index (χ2n) is 6.06. The summed E-state index contributed by atoms with van der Waals surface area (Å²) < 4.78 is 0. The van der Waals surface area contributed by atoms with Crippen LogP contribution in [0, 0.1) is 18.3 Å². The third-order valence-electron chi connectivity index (χ3n) is 4.41. The van der Waals surface area contributed by atoms with Gasteiger partial charge < -0.3 is 15.1 Å². The van der Waals surface area contributed by atoms with Crippen molar-refractivity contribution in [2.45, 2.75) is 45.1 Å². The number of terminal acetylenes is 1. The maximum atomic E-state index is 12.1. The summed E-state index contributed by atoms with van der Waals surface area (Å²) in [6, 6.07) is -0.336. The van der Waals surface area contributed by atoms with Crippen LogP contribution >= 0.6 is 0 Å². The van der Waals surface area contributed by atoms with Gasteiger partial charge in [-0.15, -0.1) is 6.42 Å². The van der Waals surface area contributed by atoms with Crippen molar-refractivity contribution in [3.8, 4) is 12.3 Å². The molecule has 0 aliphatic carbocycles. The summed E-state index contributed by atoms with van der Waals surface area (Å²) in [6.07, 6.45) is 9.97. The van der Waals surface area contributed by atoms with Crippen LogP contribution < -0.4 is 5.32 Å². The number of carbonyl (C=O) groups excluding carboxylic acids is 2. The molecule has 0 bridgehead atoms. The Morgan fingerprint density at radius 1 is 1.19 bits per heavy atom. The number of nitrogens with zero attached hydrogens (tertiary/aromatic N) is 2. The summed E-state index contributed by atoms with van der Waals surface area (Å²) in [7, 11) is 0. The van der Waals surface area contributed by atoms with Crippen LogP contribution in [0.2, 0.25) is 0 Å². The number of carbonyl (C=O) groups is 2. The van der Waals surface area contributed by atoms with Gasteiger partial charge in [0, 0.05) is 32.6 Å². The van der Waals surface area contributed by atoms with Gasteiger partial charge in [0.25, 0.3) is 0 Å². The molecular formula is C16H25N3O2. The van der Waals surface area contributed by atoms with E-state index in [9.17, 15) is 9.59 Å². The molecule has 0 aromatic rings. The number of rotatable bonds is 3. The number of likely N-dealkylation sites (tertiary alicyclic amines) is 2. The first-order valence-corrected chi connectivity index (χ1v) is 7.89. The lowest BCUT2D eigenvalue weighted by Gasteiger charge is -2.32. The minimum absolute atomic E-state index is 0.0928. The lowest BCUT2D eigenvalue weighted by Crippen LogP contribution is -2.47. The summed E-state index contributed by atoms with van der Waals surface area (Å²) in [6.45, 7) is 5.05. The van der Waals surface area contributed by atoms with E-state index in [1.807, 2.05) is 4.90 Å². The molecule has 2 rings (SSSR count). The average Bonchev–Trinajstić information content (AvgIpc) is 3.02. The van der Waals surface area contributed by atoms with Crippen LogP contribution in [-0.2, 0) is 4.79 Å². The average molecular weight is 291 g/mol. The number of hydrogen-bond acceptors (Lipinski definition) is 2. The molecule has 3 amide bonds. The summed E-state index contributed by atoms with van der Waals surface area (Å²) in [5.74, 6) is 3.19. The smallest absolute Gasteiger partial charge is 0.318 e. The second-order valence-corrected chi connectivity index (χ2v) is 6.06. The predicted molar refractivity (Wildman–Crippen MR) is 81.6 cm³/mol. The molecule has 2 fully saturated rings. The standard InChI is InChI=1S/C16H25N3O2/c1-3-13(2)17-16(21)19-10-6-14(7-11-19)12-15(20)18-8-4-5-9-18/h1,13-14H,4-12H2,2H3,(H,17,21)/t13-/m1/s1. The van der Waals surface area contributed by atoms with Gasteiger partial charge in [-0.1, -0.05) is 5.92 Å². The van der Waals surface area contributed by atoms with E-state index in [0.29, 0.717) is 25.4 Å². The molecule has 2 saturated heterocycles. The predicted octanol–water partition coefficient (Wildman–Crippen LogP) is 1.44. The number of piperidine rings is 1. The largest absolute Gasteiger partial charge is 0.343 e. The zero-order chi connectivity index (χ0) is 15.2. The summed E-state index contributed by atoms with van der Waals surface area (Å²) in [5, 5.41) is 2.78. The maximum Gasteiger partial charge on any atom is 0.318 e.